The summed E-state index contributed by atoms with van der Waals surface area (Å²) in [4.78, 5) is 14.7. The number of nitrogens with one attached hydrogen (secondary N) is 1. The molecule has 0 saturated carbocycles. The average Bonchev–Trinajstić information content (AvgIpc) is 2.55. The number of phenolic OH excluding ortho intramolecular Hbond substituents is 1. The summed E-state index contributed by atoms with van der Waals surface area (Å²) in [7, 11) is 1.52. The van der Waals surface area contributed by atoms with Crippen molar-refractivity contribution in [2.75, 3.05) is 40.0 Å². The number of benzene rings is 1. The summed E-state index contributed by atoms with van der Waals surface area (Å²) in [6.45, 7) is 8.07. The first-order chi connectivity index (χ1) is 11.0. The van der Waals surface area contributed by atoms with Gasteiger partial charge in [0.15, 0.2) is 0 Å². The third kappa shape index (κ3) is 4.59. The summed E-state index contributed by atoms with van der Waals surface area (Å²) in [6.07, 6.45) is 0. The zero-order valence-corrected chi connectivity index (χ0v) is 14.0. The number of rotatable bonds is 6. The largest absolute Gasteiger partial charge is 0.507 e. The van der Waals surface area contributed by atoms with Crippen molar-refractivity contribution in [3.05, 3.63) is 23.8 Å². The molecule has 1 saturated heterocycles. The van der Waals surface area contributed by atoms with Gasteiger partial charge < -0.3 is 19.9 Å². The van der Waals surface area contributed by atoms with E-state index < -0.39 is 0 Å². The Kier molecular flexibility index (Phi) is 6.24. The Morgan fingerprint density at radius 2 is 2.09 bits per heavy atom. The molecule has 0 bridgehead atoms. The molecule has 23 heavy (non-hydrogen) atoms. The van der Waals surface area contributed by atoms with Gasteiger partial charge in [-0.15, -0.1) is 0 Å². The van der Waals surface area contributed by atoms with Crippen molar-refractivity contribution in [3.8, 4) is 11.5 Å². The predicted molar refractivity (Wildman–Crippen MR) is 88.0 cm³/mol. The van der Waals surface area contributed by atoms with Gasteiger partial charge in [-0.05, 0) is 18.1 Å². The Hall–Kier alpha value is -1.79. The minimum atomic E-state index is -0.274. The number of carbonyl (C=O) groups is 1. The Labute approximate surface area is 137 Å². The van der Waals surface area contributed by atoms with E-state index in [-0.39, 0.29) is 23.3 Å². The predicted octanol–water partition coefficient (Wildman–Crippen LogP) is 1.49. The molecule has 0 radical (unpaired) electrons. The molecule has 2 N–H and O–H groups in total. The fraction of sp³-hybridized carbons (Fsp3) is 0.588. The van der Waals surface area contributed by atoms with Crippen LogP contribution in [0.3, 0.4) is 0 Å². The van der Waals surface area contributed by atoms with E-state index in [0.29, 0.717) is 18.2 Å². The third-order valence-corrected chi connectivity index (χ3v) is 4.21. The van der Waals surface area contributed by atoms with Crippen molar-refractivity contribution in [2.24, 2.45) is 5.92 Å². The molecule has 0 spiro atoms. The van der Waals surface area contributed by atoms with E-state index in [9.17, 15) is 9.90 Å². The number of carbonyl (C=O) groups excluding carboxylic acids is 1. The first kappa shape index (κ1) is 17.6. The van der Waals surface area contributed by atoms with Crippen LogP contribution >= 0.6 is 0 Å². The molecule has 1 fully saturated rings. The van der Waals surface area contributed by atoms with Gasteiger partial charge >= 0.3 is 0 Å². The second-order valence-electron chi connectivity index (χ2n) is 6.05. The molecular formula is C17H26N2O4. The summed E-state index contributed by atoms with van der Waals surface area (Å²) in [5.74, 6) is 0.587. The molecule has 1 aliphatic rings. The van der Waals surface area contributed by atoms with E-state index in [2.05, 4.69) is 24.1 Å². The summed E-state index contributed by atoms with van der Waals surface area (Å²) in [5, 5.41) is 12.9. The molecule has 2 rings (SSSR count). The fourth-order valence-electron chi connectivity index (χ4n) is 2.82. The lowest BCUT2D eigenvalue weighted by atomic mass is 10.0. The van der Waals surface area contributed by atoms with E-state index >= 15 is 0 Å². The number of hydrogen-bond donors (Lipinski definition) is 2. The number of methoxy groups -OCH3 is 1. The number of ether oxygens (including phenoxy) is 2. The van der Waals surface area contributed by atoms with Crippen molar-refractivity contribution in [3.63, 3.8) is 0 Å². The van der Waals surface area contributed by atoms with Gasteiger partial charge in [-0.1, -0.05) is 13.8 Å². The molecular weight excluding hydrogens is 296 g/mol. The van der Waals surface area contributed by atoms with Crippen LogP contribution < -0.4 is 10.1 Å². The average molecular weight is 322 g/mol. The molecule has 1 amide bonds. The maximum absolute atomic E-state index is 12.3. The molecule has 1 unspecified atom stereocenters. The number of aromatic hydroxyl groups is 1. The highest BCUT2D eigenvalue weighted by atomic mass is 16.5. The molecule has 1 aliphatic heterocycles. The topological polar surface area (TPSA) is 71.0 Å². The molecule has 1 aromatic carbocycles. The van der Waals surface area contributed by atoms with Crippen LogP contribution in [0, 0.1) is 5.92 Å². The van der Waals surface area contributed by atoms with Crippen LogP contribution in [0.4, 0.5) is 0 Å². The van der Waals surface area contributed by atoms with Crippen molar-refractivity contribution >= 4 is 5.91 Å². The van der Waals surface area contributed by atoms with Gasteiger partial charge in [0.2, 0.25) is 0 Å². The highest BCUT2D eigenvalue weighted by Gasteiger charge is 2.24. The highest BCUT2D eigenvalue weighted by molar-refractivity contribution is 5.97. The van der Waals surface area contributed by atoms with Crippen molar-refractivity contribution in [2.45, 2.75) is 19.9 Å². The molecule has 6 heteroatoms. The lowest BCUT2D eigenvalue weighted by Crippen LogP contribution is -2.51. The normalized spacial score (nSPS) is 17.0. The zero-order chi connectivity index (χ0) is 16.8. The van der Waals surface area contributed by atoms with Gasteiger partial charge in [0, 0.05) is 31.7 Å². The zero-order valence-electron chi connectivity index (χ0n) is 14.0. The maximum atomic E-state index is 12.3. The number of phenols is 1. The van der Waals surface area contributed by atoms with Crippen LogP contribution in [-0.4, -0.2) is 61.9 Å². The maximum Gasteiger partial charge on any atom is 0.255 e. The lowest BCUT2D eigenvalue weighted by Gasteiger charge is -2.36. The highest BCUT2D eigenvalue weighted by Crippen LogP contribution is 2.23. The Morgan fingerprint density at radius 3 is 2.65 bits per heavy atom. The fourth-order valence-corrected chi connectivity index (χ4v) is 2.82. The summed E-state index contributed by atoms with van der Waals surface area (Å²) < 4.78 is 10.4. The number of nitrogens with zero attached hydrogens (tertiary/aromatic N) is 1. The first-order valence-corrected chi connectivity index (χ1v) is 8.00. The second-order valence-corrected chi connectivity index (χ2v) is 6.05. The van der Waals surface area contributed by atoms with Crippen LogP contribution in [0.1, 0.15) is 24.2 Å². The monoisotopic (exact) mass is 322 g/mol. The molecule has 0 aromatic heterocycles. The van der Waals surface area contributed by atoms with Crippen molar-refractivity contribution in [1.29, 1.82) is 0 Å². The minimum absolute atomic E-state index is 0.0747. The summed E-state index contributed by atoms with van der Waals surface area (Å²) in [6, 6.07) is 4.93. The van der Waals surface area contributed by atoms with Crippen LogP contribution in [0.5, 0.6) is 11.5 Å². The van der Waals surface area contributed by atoms with Gasteiger partial charge in [0.1, 0.15) is 11.5 Å². The number of amides is 1. The van der Waals surface area contributed by atoms with E-state index in [0.717, 1.165) is 26.3 Å². The van der Waals surface area contributed by atoms with Crippen LogP contribution in [0.15, 0.2) is 18.2 Å². The van der Waals surface area contributed by atoms with Gasteiger partial charge in [0.05, 0.1) is 25.9 Å². The Bertz CT molecular complexity index is 527. The standard InChI is InChI=1S/C17H26N2O4/c1-12(2)15(19-6-8-23-9-7-19)11-18-17(21)14-5-4-13(22-3)10-16(14)20/h4-5,10,12,15,20H,6-9,11H2,1-3H3,(H,18,21). The quantitative estimate of drug-likeness (QED) is 0.830. The van der Waals surface area contributed by atoms with E-state index in [1.807, 2.05) is 0 Å². The van der Waals surface area contributed by atoms with Gasteiger partial charge in [-0.3, -0.25) is 9.69 Å². The third-order valence-electron chi connectivity index (χ3n) is 4.21. The molecule has 1 aromatic rings. The Balaban J connectivity index is 1.98. The second kappa shape index (κ2) is 8.17. The van der Waals surface area contributed by atoms with Crippen LogP contribution in [0.25, 0.3) is 0 Å². The van der Waals surface area contributed by atoms with Crippen LogP contribution in [0.2, 0.25) is 0 Å². The van der Waals surface area contributed by atoms with E-state index in [4.69, 9.17) is 9.47 Å². The van der Waals surface area contributed by atoms with E-state index in [1.54, 1.807) is 12.1 Å². The van der Waals surface area contributed by atoms with Crippen LogP contribution in [-0.2, 0) is 4.74 Å². The van der Waals surface area contributed by atoms with Gasteiger partial charge in [-0.2, -0.15) is 0 Å². The SMILES string of the molecule is COc1ccc(C(=O)NCC(C(C)C)N2CCOCC2)c(O)c1. The smallest absolute Gasteiger partial charge is 0.255 e. The Morgan fingerprint density at radius 1 is 1.39 bits per heavy atom. The first-order valence-electron chi connectivity index (χ1n) is 8.00. The molecule has 6 nitrogen and oxygen atoms in total. The molecule has 1 atom stereocenters. The number of hydrogen-bond acceptors (Lipinski definition) is 5. The van der Waals surface area contributed by atoms with Gasteiger partial charge in [-0.25, -0.2) is 0 Å². The van der Waals surface area contributed by atoms with Crippen molar-refractivity contribution in [1.82, 2.24) is 10.2 Å². The van der Waals surface area contributed by atoms with E-state index in [1.165, 1.54) is 13.2 Å². The summed E-state index contributed by atoms with van der Waals surface area (Å²) in [5.41, 5.74) is 0.260. The van der Waals surface area contributed by atoms with Crippen molar-refractivity contribution < 1.29 is 19.4 Å². The molecule has 0 aliphatic carbocycles. The van der Waals surface area contributed by atoms with Gasteiger partial charge in [0.25, 0.3) is 5.91 Å². The molecule has 1 heterocycles. The minimum Gasteiger partial charge on any atom is -0.507 e. The lowest BCUT2D eigenvalue weighted by molar-refractivity contribution is 0.00672. The summed E-state index contributed by atoms with van der Waals surface area (Å²) >= 11 is 0. The number of morpholine rings is 1. The molecule has 128 valence electrons.